The molecule has 0 radical (unpaired) electrons. The number of primary amides is 1. The molecule has 56 valence electrons. The van der Waals surface area contributed by atoms with Crippen LogP contribution in [0.4, 0.5) is 0 Å². The largest absolute Gasteiger partial charge is 0.369 e. The average molecular weight is 140 g/mol. The van der Waals surface area contributed by atoms with E-state index in [-0.39, 0.29) is 11.8 Å². The van der Waals surface area contributed by atoms with Gasteiger partial charge in [-0.25, -0.2) is 0 Å². The molecule has 1 spiro atoms. The van der Waals surface area contributed by atoms with Crippen LogP contribution in [-0.4, -0.2) is 19.0 Å². The molecular formula is C7H12N2O. The van der Waals surface area contributed by atoms with Crippen LogP contribution < -0.4 is 11.1 Å². The maximum atomic E-state index is 10.6. The molecular weight excluding hydrogens is 128 g/mol. The zero-order valence-electron chi connectivity index (χ0n) is 5.89. The van der Waals surface area contributed by atoms with Crippen LogP contribution in [0, 0.1) is 11.3 Å². The van der Waals surface area contributed by atoms with Gasteiger partial charge in [0.15, 0.2) is 0 Å². The summed E-state index contributed by atoms with van der Waals surface area (Å²) in [7, 11) is 0. The quantitative estimate of drug-likeness (QED) is 0.514. The predicted octanol–water partition coefficient (Wildman–Crippen LogP) is -0.529. The molecule has 2 aliphatic rings. The van der Waals surface area contributed by atoms with Crippen LogP contribution in [0.25, 0.3) is 0 Å². The molecule has 10 heavy (non-hydrogen) atoms. The fraction of sp³-hybridized carbons (Fsp3) is 0.857. The van der Waals surface area contributed by atoms with E-state index in [1.165, 1.54) is 0 Å². The van der Waals surface area contributed by atoms with Crippen molar-refractivity contribution in [2.45, 2.75) is 12.8 Å². The number of rotatable bonds is 1. The first-order chi connectivity index (χ1) is 4.72. The lowest BCUT2D eigenvalue weighted by Crippen LogP contribution is -2.62. The Labute approximate surface area is 60.0 Å². The third-order valence-corrected chi connectivity index (χ3v) is 2.76. The first-order valence-electron chi connectivity index (χ1n) is 3.72. The van der Waals surface area contributed by atoms with E-state index in [9.17, 15) is 4.79 Å². The van der Waals surface area contributed by atoms with Crippen molar-refractivity contribution >= 4 is 5.91 Å². The van der Waals surface area contributed by atoms with Crippen molar-refractivity contribution in [3.8, 4) is 0 Å². The van der Waals surface area contributed by atoms with Crippen LogP contribution in [0.15, 0.2) is 0 Å². The van der Waals surface area contributed by atoms with Gasteiger partial charge in [-0.1, -0.05) is 0 Å². The average Bonchev–Trinajstić information content (AvgIpc) is 1.54. The standard InChI is InChI=1S/C7H12N2O/c8-6(10)5-1-7(2-5)3-9-4-7/h5,9H,1-4H2,(H2,8,10). The molecule has 3 heteroatoms. The maximum absolute atomic E-state index is 10.6. The lowest BCUT2D eigenvalue weighted by Gasteiger charge is -2.53. The van der Waals surface area contributed by atoms with E-state index < -0.39 is 0 Å². The van der Waals surface area contributed by atoms with Crippen LogP contribution in [0.5, 0.6) is 0 Å². The minimum absolute atomic E-state index is 0.113. The highest BCUT2D eigenvalue weighted by molar-refractivity contribution is 5.77. The lowest BCUT2D eigenvalue weighted by molar-refractivity contribution is -0.131. The van der Waals surface area contributed by atoms with Crippen LogP contribution in [0.1, 0.15) is 12.8 Å². The molecule has 3 N–H and O–H groups in total. The Bertz CT molecular complexity index is 166. The molecule has 0 unspecified atom stereocenters. The molecule has 3 nitrogen and oxygen atoms in total. The Balaban J connectivity index is 1.88. The van der Waals surface area contributed by atoms with E-state index in [1.807, 2.05) is 0 Å². The van der Waals surface area contributed by atoms with Gasteiger partial charge in [0.1, 0.15) is 0 Å². The van der Waals surface area contributed by atoms with Gasteiger partial charge >= 0.3 is 0 Å². The Morgan fingerprint density at radius 3 is 2.40 bits per heavy atom. The van der Waals surface area contributed by atoms with Crippen LogP contribution in [0.2, 0.25) is 0 Å². The first kappa shape index (κ1) is 6.16. The van der Waals surface area contributed by atoms with Gasteiger partial charge in [0.05, 0.1) is 0 Å². The van der Waals surface area contributed by atoms with E-state index in [0.717, 1.165) is 25.9 Å². The van der Waals surface area contributed by atoms with E-state index in [1.54, 1.807) is 0 Å². The van der Waals surface area contributed by atoms with Crippen molar-refractivity contribution in [2.24, 2.45) is 17.1 Å². The van der Waals surface area contributed by atoms with Gasteiger partial charge in [-0.2, -0.15) is 0 Å². The molecule has 0 aromatic rings. The van der Waals surface area contributed by atoms with Crippen molar-refractivity contribution in [1.29, 1.82) is 0 Å². The normalized spacial score (nSPS) is 29.2. The Kier molecular flexibility index (Phi) is 1.06. The summed E-state index contributed by atoms with van der Waals surface area (Å²) in [6.45, 7) is 2.19. The third-order valence-electron chi connectivity index (χ3n) is 2.76. The van der Waals surface area contributed by atoms with Crippen molar-refractivity contribution in [3.05, 3.63) is 0 Å². The molecule has 2 rings (SSSR count). The molecule has 2 fully saturated rings. The summed E-state index contributed by atoms with van der Waals surface area (Å²) in [6, 6.07) is 0. The highest BCUT2D eigenvalue weighted by Gasteiger charge is 2.50. The van der Waals surface area contributed by atoms with Crippen molar-refractivity contribution in [3.63, 3.8) is 0 Å². The number of hydrogen-bond acceptors (Lipinski definition) is 2. The molecule has 1 heterocycles. The number of hydrogen-bond donors (Lipinski definition) is 2. The predicted molar refractivity (Wildman–Crippen MR) is 37.2 cm³/mol. The summed E-state index contributed by atoms with van der Waals surface area (Å²) in [5.74, 6) is 0.0691. The summed E-state index contributed by atoms with van der Waals surface area (Å²) >= 11 is 0. The van der Waals surface area contributed by atoms with Crippen LogP contribution in [0.3, 0.4) is 0 Å². The summed E-state index contributed by atoms with van der Waals surface area (Å²) in [5.41, 5.74) is 5.62. The summed E-state index contributed by atoms with van der Waals surface area (Å²) < 4.78 is 0. The minimum Gasteiger partial charge on any atom is -0.369 e. The number of nitrogens with two attached hydrogens (primary N) is 1. The minimum atomic E-state index is -0.113. The second kappa shape index (κ2) is 1.72. The zero-order valence-corrected chi connectivity index (χ0v) is 5.89. The molecule has 0 aromatic heterocycles. The molecule has 1 saturated carbocycles. The smallest absolute Gasteiger partial charge is 0.220 e. The molecule has 1 saturated heterocycles. The van der Waals surface area contributed by atoms with E-state index >= 15 is 0 Å². The van der Waals surface area contributed by atoms with Gasteiger partial charge in [0, 0.05) is 19.0 Å². The maximum Gasteiger partial charge on any atom is 0.220 e. The van der Waals surface area contributed by atoms with E-state index in [0.29, 0.717) is 5.41 Å². The zero-order chi connectivity index (χ0) is 7.19. The number of nitrogens with one attached hydrogen (secondary N) is 1. The second-order valence-corrected chi connectivity index (χ2v) is 3.61. The lowest BCUT2D eigenvalue weighted by atomic mass is 9.58. The fourth-order valence-electron chi connectivity index (χ4n) is 1.95. The Morgan fingerprint density at radius 1 is 1.50 bits per heavy atom. The molecule has 1 aliphatic carbocycles. The second-order valence-electron chi connectivity index (χ2n) is 3.61. The number of carbonyl (C=O) groups is 1. The van der Waals surface area contributed by atoms with Crippen molar-refractivity contribution in [2.75, 3.05) is 13.1 Å². The number of amides is 1. The Morgan fingerprint density at radius 2 is 2.10 bits per heavy atom. The summed E-state index contributed by atoms with van der Waals surface area (Å²) in [6.07, 6.45) is 2.05. The highest BCUT2D eigenvalue weighted by atomic mass is 16.1. The molecule has 0 aromatic carbocycles. The van der Waals surface area contributed by atoms with Gasteiger partial charge in [-0.3, -0.25) is 4.79 Å². The van der Waals surface area contributed by atoms with E-state index in [4.69, 9.17) is 5.73 Å². The fourth-order valence-corrected chi connectivity index (χ4v) is 1.95. The SMILES string of the molecule is NC(=O)C1CC2(CNC2)C1. The molecule has 1 amide bonds. The number of carbonyl (C=O) groups excluding carboxylic acids is 1. The molecule has 0 atom stereocenters. The van der Waals surface area contributed by atoms with Crippen molar-refractivity contribution < 1.29 is 4.79 Å². The molecule has 1 aliphatic heterocycles. The van der Waals surface area contributed by atoms with Gasteiger partial charge in [0.25, 0.3) is 0 Å². The van der Waals surface area contributed by atoms with Gasteiger partial charge in [-0.15, -0.1) is 0 Å². The van der Waals surface area contributed by atoms with Crippen LogP contribution >= 0.6 is 0 Å². The van der Waals surface area contributed by atoms with E-state index in [2.05, 4.69) is 5.32 Å². The van der Waals surface area contributed by atoms with Gasteiger partial charge in [-0.05, 0) is 18.3 Å². The topological polar surface area (TPSA) is 55.1 Å². The Hall–Kier alpha value is -0.570. The molecule has 0 bridgehead atoms. The highest BCUT2D eigenvalue weighted by Crippen LogP contribution is 2.47. The monoisotopic (exact) mass is 140 g/mol. The van der Waals surface area contributed by atoms with Crippen molar-refractivity contribution in [1.82, 2.24) is 5.32 Å². The summed E-state index contributed by atoms with van der Waals surface area (Å²) in [5, 5.41) is 3.21. The van der Waals surface area contributed by atoms with Gasteiger partial charge < -0.3 is 11.1 Å². The summed E-state index contributed by atoms with van der Waals surface area (Å²) in [4.78, 5) is 10.6. The van der Waals surface area contributed by atoms with Crippen LogP contribution in [-0.2, 0) is 4.79 Å². The third kappa shape index (κ3) is 0.669. The van der Waals surface area contributed by atoms with Gasteiger partial charge in [0.2, 0.25) is 5.91 Å². The first-order valence-corrected chi connectivity index (χ1v) is 3.72.